The van der Waals surface area contributed by atoms with Gasteiger partial charge in [0.1, 0.15) is 0 Å². The first-order valence-corrected chi connectivity index (χ1v) is 9.92. The zero-order chi connectivity index (χ0) is 18.9. The van der Waals surface area contributed by atoms with E-state index in [-0.39, 0.29) is 11.8 Å². The second-order valence-corrected chi connectivity index (χ2v) is 7.92. The molecule has 0 atom stereocenters. The lowest BCUT2D eigenvalue weighted by Crippen LogP contribution is -2.25. The van der Waals surface area contributed by atoms with Crippen molar-refractivity contribution >= 4 is 38.9 Å². The number of hydrogen-bond donors (Lipinski definition) is 2. The van der Waals surface area contributed by atoms with Crippen LogP contribution < -0.4 is 14.9 Å². The molecule has 2 aromatic rings. The highest BCUT2D eigenvalue weighted by Gasteiger charge is 2.22. The van der Waals surface area contributed by atoms with Gasteiger partial charge in [0.2, 0.25) is 15.9 Å². The van der Waals surface area contributed by atoms with Crippen LogP contribution in [0.3, 0.4) is 0 Å². The quantitative estimate of drug-likeness (QED) is 0.859. The van der Waals surface area contributed by atoms with E-state index in [1.165, 1.54) is 13.0 Å². The average Bonchev–Trinajstić information content (AvgIpc) is 2.97. The highest BCUT2D eigenvalue weighted by Crippen LogP contribution is 2.30. The van der Waals surface area contributed by atoms with E-state index in [1.807, 2.05) is 12.1 Å². The van der Waals surface area contributed by atoms with Gasteiger partial charge in [-0.2, -0.15) is 0 Å². The van der Waals surface area contributed by atoms with Crippen molar-refractivity contribution in [2.45, 2.75) is 13.3 Å². The molecule has 0 saturated heterocycles. The monoisotopic (exact) mass is 373 g/mol. The Morgan fingerprint density at radius 3 is 2.54 bits per heavy atom. The molecule has 0 unspecified atom stereocenters. The molecule has 26 heavy (non-hydrogen) atoms. The lowest BCUT2D eigenvalue weighted by atomic mass is 10.1. The maximum absolute atomic E-state index is 12.5. The van der Waals surface area contributed by atoms with Crippen LogP contribution in [0.25, 0.3) is 0 Å². The fraction of sp³-hybridized carbons (Fsp3) is 0.222. The zero-order valence-corrected chi connectivity index (χ0v) is 15.3. The smallest absolute Gasteiger partial charge is 0.255 e. The Morgan fingerprint density at radius 2 is 1.85 bits per heavy atom. The van der Waals surface area contributed by atoms with E-state index in [0.717, 1.165) is 23.9 Å². The van der Waals surface area contributed by atoms with Gasteiger partial charge in [0.25, 0.3) is 5.91 Å². The molecule has 2 N–H and O–H groups in total. The number of hydrogen-bond acceptors (Lipinski definition) is 4. The van der Waals surface area contributed by atoms with Crippen LogP contribution in [-0.2, 0) is 21.2 Å². The van der Waals surface area contributed by atoms with Crippen LogP contribution in [0.15, 0.2) is 42.5 Å². The van der Waals surface area contributed by atoms with Gasteiger partial charge in [-0.05, 0) is 48.4 Å². The topological polar surface area (TPSA) is 95.6 Å². The Kier molecular flexibility index (Phi) is 4.69. The summed E-state index contributed by atoms with van der Waals surface area (Å²) >= 11 is 0. The second kappa shape index (κ2) is 6.80. The third-order valence-electron chi connectivity index (χ3n) is 4.04. The predicted molar refractivity (Wildman–Crippen MR) is 101 cm³/mol. The van der Waals surface area contributed by atoms with Crippen molar-refractivity contribution in [1.29, 1.82) is 0 Å². The third kappa shape index (κ3) is 4.02. The molecule has 0 fully saturated rings. The van der Waals surface area contributed by atoms with Crippen LogP contribution >= 0.6 is 0 Å². The summed E-state index contributed by atoms with van der Waals surface area (Å²) in [5, 5.41) is 2.80. The standard InChI is InChI=1S/C18H19N3O4S/c1-12(22)21-9-8-13-10-15(6-7-17(13)21)19-18(23)14-4-3-5-16(11-14)20-26(2,24)25/h3-7,10-11,20H,8-9H2,1-2H3,(H,19,23). The summed E-state index contributed by atoms with van der Waals surface area (Å²) in [4.78, 5) is 25.8. The van der Waals surface area contributed by atoms with Crippen molar-refractivity contribution in [3.63, 3.8) is 0 Å². The molecular formula is C18H19N3O4S. The van der Waals surface area contributed by atoms with Gasteiger partial charge >= 0.3 is 0 Å². The van der Waals surface area contributed by atoms with Crippen molar-refractivity contribution in [2.24, 2.45) is 0 Å². The van der Waals surface area contributed by atoms with E-state index in [0.29, 0.717) is 23.5 Å². The molecular weight excluding hydrogens is 354 g/mol. The zero-order valence-electron chi connectivity index (χ0n) is 14.4. The van der Waals surface area contributed by atoms with Gasteiger partial charge in [0, 0.05) is 36.1 Å². The molecule has 8 heteroatoms. The summed E-state index contributed by atoms with van der Waals surface area (Å²) < 4.78 is 25.0. The van der Waals surface area contributed by atoms with Crippen molar-refractivity contribution in [3.8, 4) is 0 Å². The molecule has 1 aliphatic heterocycles. The highest BCUT2D eigenvalue weighted by molar-refractivity contribution is 7.92. The number of sulfonamides is 1. The van der Waals surface area contributed by atoms with Gasteiger partial charge in [-0.15, -0.1) is 0 Å². The van der Waals surface area contributed by atoms with Crippen LogP contribution in [0.5, 0.6) is 0 Å². The first-order valence-electron chi connectivity index (χ1n) is 8.03. The number of amides is 2. The van der Waals surface area contributed by atoms with Gasteiger partial charge in [0.05, 0.1) is 6.26 Å². The van der Waals surface area contributed by atoms with E-state index in [2.05, 4.69) is 10.0 Å². The van der Waals surface area contributed by atoms with Gasteiger partial charge in [0.15, 0.2) is 0 Å². The number of rotatable bonds is 4. The van der Waals surface area contributed by atoms with Crippen molar-refractivity contribution in [2.75, 3.05) is 27.7 Å². The molecule has 0 saturated carbocycles. The second-order valence-electron chi connectivity index (χ2n) is 6.17. The van der Waals surface area contributed by atoms with Crippen LogP contribution in [-0.4, -0.2) is 33.0 Å². The minimum atomic E-state index is -3.41. The normalized spacial score (nSPS) is 13.2. The summed E-state index contributed by atoms with van der Waals surface area (Å²) in [7, 11) is -3.41. The van der Waals surface area contributed by atoms with Gasteiger partial charge < -0.3 is 10.2 Å². The highest BCUT2D eigenvalue weighted by atomic mass is 32.2. The van der Waals surface area contributed by atoms with Crippen LogP contribution in [0, 0.1) is 0 Å². The molecule has 0 spiro atoms. The maximum Gasteiger partial charge on any atom is 0.255 e. The molecule has 136 valence electrons. The lowest BCUT2D eigenvalue weighted by molar-refractivity contribution is -0.116. The fourth-order valence-electron chi connectivity index (χ4n) is 2.95. The van der Waals surface area contributed by atoms with Gasteiger partial charge in [-0.3, -0.25) is 14.3 Å². The Morgan fingerprint density at radius 1 is 1.08 bits per heavy atom. The summed E-state index contributed by atoms with van der Waals surface area (Å²) in [6, 6.07) is 11.7. The summed E-state index contributed by atoms with van der Waals surface area (Å²) in [5.74, 6) is -0.348. The van der Waals surface area contributed by atoms with Gasteiger partial charge in [-0.1, -0.05) is 6.07 Å². The average molecular weight is 373 g/mol. The maximum atomic E-state index is 12.5. The molecule has 0 aliphatic carbocycles. The number of carbonyl (C=O) groups excluding carboxylic acids is 2. The summed E-state index contributed by atoms with van der Waals surface area (Å²) in [5.41, 5.74) is 3.16. The van der Waals surface area contributed by atoms with Crippen molar-refractivity contribution in [1.82, 2.24) is 0 Å². The fourth-order valence-corrected chi connectivity index (χ4v) is 3.50. The molecule has 7 nitrogen and oxygen atoms in total. The van der Waals surface area contributed by atoms with E-state index < -0.39 is 10.0 Å². The first kappa shape index (κ1) is 17.9. The summed E-state index contributed by atoms with van der Waals surface area (Å²) in [6.45, 7) is 2.17. The Balaban J connectivity index is 1.77. The minimum absolute atomic E-state index is 0.00396. The molecule has 3 rings (SSSR count). The Hall–Kier alpha value is -2.87. The molecule has 0 radical (unpaired) electrons. The SMILES string of the molecule is CC(=O)N1CCc2cc(NC(=O)c3cccc(NS(C)(=O)=O)c3)ccc21. The number of nitrogens with one attached hydrogen (secondary N) is 2. The van der Waals surface area contributed by atoms with E-state index in [9.17, 15) is 18.0 Å². The molecule has 2 amide bonds. The van der Waals surface area contributed by atoms with Crippen molar-refractivity contribution < 1.29 is 18.0 Å². The molecule has 0 aromatic heterocycles. The molecule has 1 aliphatic rings. The number of benzene rings is 2. The number of carbonyl (C=O) groups is 2. The first-order chi connectivity index (χ1) is 12.2. The predicted octanol–water partition coefficient (Wildman–Crippen LogP) is 2.22. The van der Waals surface area contributed by atoms with Crippen LogP contribution in [0.1, 0.15) is 22.8 Å². The number of fused-ring (bicyclic) bond motifs is 1. The van der Waals surface area contributed by atoms with E-state index in [1.54, 1.807) is 29.2 Å². The lowest BCUT2D eigenvalue weighted by Gasteiger charge is -2.15. The number of anilines is 3. The Bertz CT molecular complexity index is 986. The van der Waals surface area contributed by atoms with Gasteiger partial charge in [-0.25, -0.2) is 8.42 Å². The number of nitrogens with zero attached hydrogens (tertiary/aromatic N) is 1. The third-order valence-corrected chi connectivity index (χ3v) is 4.65. The molecule has 2 aromatic carbocycles. The molecule has 0 bridgehead atoms. The molecule has 1 heterocycles. The van der Waals surface area contributed by atoms with E-state index in [4.69, 9.17) is 0 Å². The largest absolute Gasteiger partial charge is 0.322 e. The van der Waals surface area contributed by atoms with Crippen LogP contribution in [0.2, 0.25) is 0 Å². The van der Waals surface area contributed by atoms with Crippen molar-refractivity contribution in [3.05, 3.63) is 53.6 Å². The van der Waals surface area contributed by atoms with E-state index >= 15 is 0 Å². The van der Waals surface area contributed by atoms with Crippen LogP contribution in [0.4, 0.5) is 17.1 Å². The Labute approximate surface area is 152 Å². The minimum Gasteiger partial charge on any atom is -0.322 e. The summed E-state index contributed by atoms with van der Waals surface area (Å²) in [6.07, 6.45) is 1.79.